The maximum atomic E-state index is 8.86. The summed E-state index contributed by atoms with van der Waals surface area (Å²) in [6, 6.07) is 10.7. The van der Waals surface area contributed by atoms with E-state index in [2.05, 4.69) is 50.3 Å². The Morgan fingerprint density at radius 1 is 1.35 bits per heavy atom. The summed E-state index contributed by atoms with van der Waals surface area (Å²) in [5, 5.41) is 12.3. The van der Waals surface area contributed by atoms with Crippen molar-refractivity contribution in [3.63, 3.8) is 0 Å². The van der Waals surface area contributed by atoms with Gasteiger partial charge in [-0.05, 0) is 45.6 Å². The van der Waals surface area contributed by atoms with Gasteiger partial charge in [0.2, 0.25) is 0 Å². The quantitative estimate of drug-likeness (QED) is 0.844. The van der Waals surface area contributed by atoms with Crippen LogP contribution in [-0.4, -0.2) is 31.6 Å². The zero-order valence-corrected chi connectivity index (χ0v) is 11.1. The molecule has 0 aliphatic carbocycles. The van der Waals surface area contributed by atoms with Gasteiger partial charge in [-0.2, -0.15) is 5.26 Å². The number of hydrogen-bond acceptors (Lipinski definition) is 3. The van der Waals surface area contributed by atoms with E-state index in [0.29, 0.717) is 6.04 Å². The van der Waals surface area contributed by atoms with E-state index < -0.39 is 0 Å². The minimum Gasteiger partial charge on any atom is -0.309 e. The van der Waals surface area contributed by atoms with Crippen LogP contribution in [0.5, 0.6) is 0 Å². The van der Waals surface area contributed by atoms with Crippen molar-refractivity contribution in [1.82, 2.24) is 10.2 Å². The Hall–Kier alpha value is -1.37. The van der Waals surface area contributed by atoms with Crippen molar-refractivity contribution >= 4 is 0 Å². The molecule has 0 aliphatic rings. The van der Waals surface area contributed by atoms with Gasteiger partial charge in [0.25, 0.3) is 0 Å². The number of likely N-dealkylation sites (N-methyl/N-ethyl adjacent to an activating group) is 1. The van der Waals surface area contributed by atoms with E-state index in [-0.39, 0.29) is 6.04 Å². The molecule has 17 heavy (non-hydrogen) atoms. The summed E-state index contributed by atoms with van der Waals surface area (Å²) in [7, 11) is 4.15. The van der Waals surface area contributed by atoms with Gasteiger partial charge in [0.15, 0.2) is 0 Å². The number of nitrogens with one attached hydrogen (secondary N) is 1. The fourth-order valence-electron chi connectivity index (χ4n) is 1.53. The third kappa shape index (κ3) is 4.18. The summed E-state index contributed by atoms with van der Waals surface area (Å²) in [5.74, 6) is 0. The molecule has 0 aliphatic heterocycles. The minimum absolute atomic E-state index is 0.269. The lowest BCUT2D eigenvalue weighted by Gasteiger charge is -2.23. The van der Waals surface area contributed by atoms with Crippen LogP contribution >= 0.6 is 0 Å². The molecule has 0 fully saturated rings. The predicted octanol–water partition coefficient (Wildman–Crippen LogP) is 2.16. The molecule has 0 radical (unpaired) electrons. The Balaban J connectivity index is 2.58. The average Bonchev–Trinajstić information content (AvgIpc) is 2.35. The predicted molar refractivity (Wildman–Crippen MR) is 70.7 cm³/mol. The number of nitrogens with zero attached hydrogens (tertiary/aromatic N) is 2. The van der Waals surface area contributed by atoms with Crippen LogP contribution in [0, 0.1) is 11.3 Å². The van der Waals surface area contributed by atoms with Crippen molar-refractivity contribution in [1.29, 1.82) is 5.26 Å². The molecular formula is C14H21N3. The maximum absolute atomic E-state index is 8.86. The Bertz CT molecular complexity index is 393. The first-order valence-corrected chi connectivity index (χ1v) is 5.94. The number of rotatable bonds is 5. The molecule has 2 unspecified atom stereocenters. The molecule has 0 amide bonds. The monoisotopic (exact) mass is 231 g/mol. The first-order valence-electron chi connectivity index (χ1n) is 5.94. The Labute approximate surface area is 104 Å². The fourth-order valence-corrected chi connectivity index (χ4v) is 1.53. The smallest absolute Gasteiger partial charge is 0.0991 e. The van der Waals surface area contributed by atoms with Crippen LogP contribution < -0.4 is 5.32 Å². The van der Waals surface area contributed by atoms with Gasteiger partial charge in [0.1, 0.15) is 0 Å². The maximum Gasteiger partial charge on any atom is 0.0991 e. The molecular weight excluding hydrogens is 210 g/mol. The van der Waals surface area contributed by atoms with E-state index in [1.807, 2.05) is 18.2 Å². The van der Waals surface area contributed by atoms with Crippen molar-refractivity contribution in [3.05, 3.63) is 35.4 Å². The lowest BCUT2D eigenvalue weighted by Crippen LogP contribution is -2.36. The van der Waals surface area contributed by atoms with Crippen molar-refractivity contribution < 1.29 is 0 Å². The number of hydrogen-bond donors (Lipinski definition) is 1. The van der Waals surface area contributed by atoms with Crippen molar-refractivity contribution in [3.8, 4) is 6.07 Å². The van der Waals surface area contributed by atoms with Crippen molar-refractivity contribution in [2.75, 3.05) is 20.6 Å². The number of benzene rings is 1. The molecule has 0 aromatic heterocycles. The van der Waals surface area contributed by atoms with Gasteiger partial charge < -0.3 is 10.2 Å². The van der Waals surface area contributed by atoms with Crippen LogP contribution in [0.1, 0.15) is 31.0 Å². The SMILES string of the molecule is CC(NCC(C)N(C)C)c1cccc(C#N)c1. The molecule has 0 spiro atoms. The van der Waals surface area contributed by atoms with Gasteiger partial charge in [-0.3, -0.25) is 0 Å². The van der Waals surface area contributed by atoms with Crippen LogP contribution in [0.25, 0.3) is 0 Å². The third-order valence-corrected chi connectivity index (χ3v) is 3.12. The topological polar surface area (TPSA) is 39.1 Å². The minimum atomic E-state index is 0.269. The van der Waals surface area contributed by atoms with Gasteiger partial charge in [-0.1, -0.05) is 12.1 Å². The molecule has 1 aromatic rings. The molecule has 0 saturated carbocycles. The first-order chi connectivity index (χ1) is 8.04. The molecule has 1 rings (SSSR count). The average molecular weight is 231 g/mol. The van der Waals surface area contributed by atoms with Crippen LogP contribution in [0.2, 0.25) is 0 Å². The molecule has 3 nitrogen and oxygen atoms in total. The van der Waals surface area contributed by atoms with E-state index in [0.717, 1.165) is 17.7 Å². The Morgan fingerprint density at radius 2 is 2.06 bits per heavy atom. The molecule has 0 saturated heterocycles. The van der Waals surface area contributed by atoms with Gasteiger partial charge >= 0.3 is 0 Å². The van der Waals surface area contributed by atoms with Crippen LogP contribution in [0.15, 0.2) is 24.3 Å². The van der Waals surface area contributed by atoms with Crippen molar-refractivity contribution in [2.24, 2.45) is 0 Å². The van der Waals surface area contributed by atoms with Gasteiger partial charge in [-0.15, -0.1) is 0 Å². The largest absolute Gasteiger partial charge is 0.309 e. The molecule has 0 bridgehead atoms. The zero-order valence-electron chi connectivity index (χ0n) is 11.1. The molecule has 2 atom stereocenters. The molecule has 0 heterocycles. The normalized spacial score (nSPS) is 14.4. The van der Waals surface area contributed by atoms with Crippen molar-refractivity contribution in [2.45, 2.75) is 25.9 Å². The van der Waals surface area contributed by atoms with E-state index in [1.54, 1.807) is 0 Å². The van der Waals surface area contributed by atoms with Gasteiger partial charge in [-0.25, -0.2) is 0 Å². The zero-order chi connectivity index (χ0) is 12.8. The summed E-state index contributed by atoms with van der Waals surface area (Å²) in [6.07, 6.45) is 0. The highest BCUT2D eigenvalue weighted by molar-refractivity contribution is 5.33. The van der Waals surface area contributed by atoms with E-state index in [4.69, 9.17) is 5.26 Å². The third-order valence-electron chi connectivity index (χ3n) is 3.12. The molecule has 1 aromatic carbocycles. The highest BCUT2D eigenvalue weighted by Gasteiger charge is 2.09. The molecule has 1 N–H and O–H groups in total. The Morgan fingerprint density at radius 3 is 2.65 bits per heavy atom. The summed E-state index contributed by atoms with van der Waals surface area (Å²) in [5.41, 5.74) is 1.88. The molecule has 92 valence electrons. The fraction of sp³-hybridized carbons (Fsp3) is 0.500. The molecule has 3 heteroatoms. The van der Waals surface area contributed by atoms with Gasteiger partial charge in [0, 0.05) is 18.6 Å². The Kier molecular flexibility index (Phi) is 5.14. The van der Waals surface area contributed by atoms with E-state index in [9.17, 15) is 0 Å². The lowest BCUT2D eigenvalue weighted by molar-refractivity contribution is 0.295. The van der Waals surface area contributed by atoms with E-state index in [1.165, 1.54) is 0 Å². The highest BCUT2D eigenvalue weighted by Crippen LogP contribution is 2.13. The second kappa shape index (κ2) is 6.39. The summed E-state index contributed by atoms with van der Waals surface area (Å²) < 4.78 is 0. The van der Waals surface area contributed by atoms with Gasteiger partial charge in [0.05, 0.1) is 11.6 Å². The van der Waals surface area contributed by atoms with Crippen LogP contribution in [0.3, 0.4) is 0 Å². The second-order valence-electron chi connectivity index (χ2n) is 4.68. The standard InChI is InChI=1S/C14H21N3/c1-11(17(3)4)10-16-12(2)14-7-5-6-13(8-14)9-15/h5-8,11-12,16H,10H2,1-4H3. The first kappa shape index (κ1) is 13.7. The lowest BCUT2D eigenvalue weighted by atomic mass is 10.1. The van der Waals surface area contributed by atoms with Crippen LogP contribution in [-0.2, 0) is 0 Å². The summed E-state index contributed by atoms with van der Waals surface area (Å²) in [6.45, 7) is 5.25. The van der Waals surface area contributed by atoms with Crippen LogP contribution in [0.4, 0.5) is 0 Å². The summed E-state index contributed by atoms with van der Waals surface area (Å²) >= 11 is 0. The summed E-state index contributed by atoms with van der Waals surface area (Å²) in [4.78, 5) is 2.19. The highest BCUT2D eigenvalue weighted by atomic mass is 15.1. The second-order valence-corrected chi connectivity index (χ2v) is 4.68. The van der Waals surface area contributed by atoms with E-state index >= 15 is 0 Å². The number of nitriles is 1.